The second-order valence-corrected chi connectivity index (χ2v) is 3.96. The summed E-state index contributed by atoms with van der Waals surface area (Å²) in [5.41, 5.74) is 0.578. The van der Waals surface area contributed by atoms with Crippen LogP contribution in [0.1, 0.15) is 17.8 Å². The number of nitrogens with zero attached hydrogens (tertiary/aromatic N) is 2. The minimum Gasteiger partial charge on any atom is -0.349 e. The quantitative estimate of drug-likeness (QED) is 0.857. The van der Waals surface area contributed by atoms with Crippen LogP contribution < -0.4 is 5.32 Å². The highest BCUT2D eigenvalue weighted by Crippen LogP contribution is 2.10. The van der Waals surface area contributed by atoms with Gasteiger partial charge in [0.25, 0.3) is 0 Å². The van der Waals surface area contributed by atoms with Gasteiger partial charge in [-0.3, -0.25) is 9.89 Å². The molecule has 2 N–H and O–H groups in total. The first-order valence-electron chi connectivity index (χ1n) is 5.70. The Labute approximate surface area is 108 Å². The highest BCUT2D eigenvalue weighted by atomic mass is 19.2. The Morgan fingerprint density at radius 2 is 2.16 bits per heavy atom. The van der Waals surface area contributed by atoms with E-state index >= 15 is 0 Å². The Balaban J connectivity index is 1.78. The highest BCUT2D eigenvalue weighted by Gasteiger charge is 2.06. The molecule has 1 aromatic carbocycles. The second kappa shape index (κ2) is 6.03. The first kappa shape index (κ1) is 13.1. The molecule has 2 aromatic rings. The molecule has 1 amide bonds. The molecular weight excluding hydrogens is 254 g/mol. The molecule has 5 nitrogen and oxygen atoms in total. The van der Waals surface area contributed by atoms with Crippen LogP contribution in [-0.4, -0.2) is 21.1 Å². The van der Waals surface area contributed by atoms with Crippen molar-refractivity contribution < 1.29 is 13.6 Å². The van der Waals surface area contributed by atoms with E-state index in [4.69, 9.17) is 0 Å². The smallest absolute Gasteiger partial charge is 0.220 e. The maximum absolute atomic E-state index is 12.9. The van der Waals surface area contributed by atoms with E-state index in [2.05, 4.69) is 20.5 Å². The summed E-state index contributed by atoms with van der Waals surface area (Å²) < 4.78 is 25.6. The maximum Gasteiger partial charge on any atom is 0.220 e. The van der Waals surface area contributed by atoms with E-state index in [9.17, 15) is 13.6 Å². The molecule has 0 atom stereocenters. The molecule has 100 valence electrons. The van der Waals surface area contributed by atoms with Gasteiger partial charge in [-0.1, -0.05) is 6.07 Å². The van der Waals surface area contributed by atoms with Gasteiger partial charge in [-0.25, -0.2) is 13.8 Å². The molecule has 2 rings (SSSR count). The molecule has 0 spiro atoms. The van der Waals surface area contributed by atoms with E-state index in [0.29, 0.717) is 17.8 Å². The van der Waals surface area contributed by atoms with Gasteiger partial charge >= 0.3 is 0 Å². The highest BCUT2D eigenvalue weighted by molar-refractivity contribution is 5.76. The summed E-state index contributed by atoms with van der Waals surface area (Å²) in [7, 11) is 0. The van der Waals surface area contributed by atoms with Gasteiger partial charge in [0.15, 0.2) is 11.6 Å². The van der Waals surface area contributed by atoms with E-state index in [1.54, 1.807) is 0 Å². The number of benzene rings is 1. The Morgan fingerprint density at radius 3 is 2.84 bits per heavy atom. The number of hydrogen-bond donors (Lipinski definition) is 2. The molecule has 0 saturated heterocycles. The summed E-state index contributed by atoms with van der Waals surface area (Å²) >= 11 is 0. The molecule has 0 unspecified atom stereocenters. The van der Waals surface area contributed by atoms with Crippen LogP contribution in [0.4, 0.5) is 8.78 Å². The molecular formula is C12H12F2N4O. The number of hydrogen-bond acceptors (Lipinski definition) is 3. The lowest BCUT2D eigenvalue weighted by molar-refractivity contribution is -0.121. The van der Waals surface area contributed by atoms with Crippen molar-refractivity contribution in [1.82, 2.24) is 20.5 Å². The van der Waals surface area contributed by atoms with Gasteiger partial charge in [-0.2, -0.15) is 5.10 Å². The normalized spacial score (nSPS) is 10.4. The monoisotopic (exact) mass is 266 g/mol. The Hall–Kier alpha value is -2.31. The van der Waals surface area contributed by atoms with E-state index in [1.165, 1.54) is 12.4 Å². The summed E-state index contributed by atoms with van der Waals surface area (Å²) in [5.74, 6) is -1.43. The van der Waals surface area contributed by atoms with Crippen molar-refractivity contribution in [3.63, 3.8) is 0 Å². The largest absolute Gasteiger partial charge is 0.349 e. The number of carbonyl (C=O) groups is 1. The lowest BCUT2D eigenvalue weighted by atomic mass is 10.1. The molecule has 7 heteroatoms. The number of aryl methyl sites for hydroxylation is 1. The van der Waals surface area contributed by atoms with Crippen LogP contribution in [0.2, 0.25) is 0 Å². The molecule has 1 heterocycles. The topological polar surface area (TPSA) is 70.7 Å². The first-order chi connectivity index (χ1) is 9.15. The number of halogens is 2. The van der Waals surface area contributed by atoms with Crippen molar-refractivity contribution in [1.29, 1.82) is 0 Å². The predicted molar refractivity (Wildman–Crippen MR) is 62.9 cm³/mol. The van der Waals surface area contributed by atoms with Crippen molar-refractivity contribution in [2.24, 2.45) is 0 Å². The molecule has 1 aromatic heterocycles. The van der Waals surface area contributed by atoms with E-state index in [0.717, 1.165) is 12.1 Å². The average molecular weight is 266 g/mol. The Kier molecular flexibility index (Phi) is 4.17. The number of aromatic amines is 1. The first-order valence-corrected chi connectivity index (χ1v) is 5.70. The zero-order valence-corrected chi connectivity index (χ0v) is 9.99. The fourth-order valence-corrected chi connectivity index (χ4v) is 1.54. The van der Waals surface area contributed by atoms with Crippen molar-refractivity contribution in [2.45, 2.75) is 19.4 Å². The average Bonchev–Trinajstić information content (AvgIpc) is 2.91. The lowest BCUT2D eigenvalue weighted by Crippen LogP contribution is -2.23. The van der Waals surface area contributed by atoms with E-state index in [1.807, 2.05) is 0 Å². The lowest BCUT2D eigenvalue weighted by Gasteiger charge is -2.04. The summed E-state index contributed by atoms with van der Waals surface area (Å²) in [4.78, 5) is 15.4. The predicted octanol–water partition coefficient (Wildman–Crippen LogP) is 1.33. The summed E-state index contributed by atoms with van der Waals surface area (Å²) in [6, 6.07) is 3.61. The minimum atomic E-state index is -0.903. The fourth-order valence-electron chi connectivity index (χ4n) is 1.54. The molecule has 0 fully saturated rings. The molecule has 0 radical (unpaired) electrons. The van der Waals surface area contributed by atoms with Crippen molar-refractivity contribution in [3.8, 4) is 0 Å². The summed E-state index contributed by atoms with van der Waals surface area (Å²) in [5, 5.41) is 8.90. The zero-order chi connectivity index (χ0) is 13.7. The Bertz CT molecular complexity index is 557. The van der Waals surface area contributed by atoms with Gasteiger partial charge in [0, 0.05) is 6.42 Å². The standard InChI is InChI=1S/C12H12F2N4O/c13-9-3-1-8(5-10(9)14)2-4-12(19)15-6-11-16-7-17-18-11/h1,3,5,7H,2,4,6H2,(H,15,19)(H,16,17,18). The molecule has 0 aliphatic carbocycles. The number of rotatable bonds is 5. The van der Waals surface area contributed by atoms with Gasteiger partial charge in [0.2, 0.25) is 5.91 Å². The molecule has 0 aliphatic rings. The summed E-state index contributed by atoms with van der Waals surface area (Å²) in [6.45, 7) is 0.261. The number of aromatic nitrogens is 3. The van der Waals surface area contributed by atoms with Gasteiger partial charge in [-0.05, 0) is 24.1 Å². The third kappa shape index (κ3) is 3.84. The van der Waals surface area contributed by atoms with Crippen LogP contribution in [0, 0.1) is 11.6 Å². The third-order valence-corrected chi connectivity index (χ3v) is 2.54. The molecule has 0 bridgehead atoms. The van der Waals surface area contributed by atoms with Gasteiger partial charge in [0.1, 0.15) is 12.2 Å². The number of nitrogens with one attached hydrogen (secondary N) is 2. The molecule has 0 aliphatic heterocycles. The van der Waals surface area contributed by atoms with Gasteiger partial charge in [0.05, 0.1) is 6.54 Å². The molecule has 0 saturated carbocycles. The second-order valence-electron chi connectivity index (χ2n) is 3.96. The van der Waals surface area contributed by atoms with Crippen molar-refractivity contribution in [2.75, 3.05) is 0 Å². The SMILES string of the molecule is O=C(CCc1ccc(F)c(F)c1)NCc1ncn[nH]1. The zero-order valence-electron chi connectivity index (χ0n) is 9.99. The number of amides is 1. The fraction of sp³-hybridized carbons (Fsp3) is 0.250. The van der Waals surface area contributed by atoms with E-state index in [-0.39, 0.29) is 18.9 Å². The maximum atomic E-state index is 12.9. The van der Waals surface area contributed by atoms with Gasteiger partial charge < -0.3 is 5.32 Å². The van der Waals surface area contributed by atoms with Gasteiger partial charge in [-0.15, -0.1) is 0 Å². The Morgan fingerprint density at radius 1 is 1.32 bits per heavy atom. The van der Waals surface area contributed by atoms with Crippen LogP contribution >= 0.6 is 0 Å². The van der Waals surface area contributed by atoms with Crippen LogP contribution in [0.25, 0.3) is 0 Å². The number of H-pyrrole nitrogens is 1. The van der Waals surface area contributed by atoms with Crippen molar-refractivity contribution in [3.05, 3.63) is 47.5 Å². The summed E-state index contributed by atoms with van der Waals surface area (Å²) in [6.07, 6.45) is 1.89. The van der Waals surface area contributed by atoms with E-state index < -0.39 is 11.6 Å². The van der Waals surface area contributed by atoms with Crippen LogP contribution in [0.15, 0.2) is 24.5 Å². The number of carbonyl (C=O) groups excluding carboxylic acids is 1. The van der Waals surface area contributed by atoms with Crippen molar-refractivity contribution >= 4 is 5.91 Å². The minimum absolute atomic E-state index is 0.193. The van der Waals surface area contributed by atoms with Crippen LogP contribution in [0.5, 0.6) is 0 Å². The van der Waals surface area contributed by atoms with Crippen LogP contribution in [0.3, 0.4) is 0 Å². The third-order valence-electron chi connectivity index (χ3n) is 2.54. The molecule has 19 heavy (non-hydrogen) atoms. The van der Waals surface area contributed by atoms with Crippen LogP contribution in [-0.2, 0) is 17.8 Å².